The van der Waals surface area contributed by atoms with Gasteiger partial charge in [0.2, 0.25) is 0 Å². The van der Waals surface area contributed by atoms with Crippen molar-refractivity contribution in [3.05, 3.63) is 29.8 Å². The summed E-state index contributed by atoms with van der Waals surface area (Å²) in [6, 6.07) is 7.58. The van der Waals surface area contributed by atoms with Crippen LogP contribution < -0.4 is 4.74 Å². The van der Waals surface area contributed by atoms with Crippen LogP contribution in [0, 0.1) is 29.6 Å². The second-order valence-electron chi connectivity index (χ2n) is 9.56. The Labute approximate surface area is 186 Å². The molecular weight excluding hydrogens is 392 g/mol. The highest BCUT2D eigenvalue weighted by atomic mass is 16.6. The third-order valence-corrected chi connectivity index (χ3v) is 7.77. The predicted octanol–water partition coefficient (Wildman–Crippen LogP) is 5.55. The summed E-state index contributed by atoms with van der Waals surface area (Å²) in [5.74, 6) is 2.47. The van der Waals surface area contributed by atoms with Crippen molar-refractivity contribution in [1.29, 1.82) is 0 Å². The van der Waals surface area contributed by atoms with Crippen LogP contribution in [0.1, 0.15) is 71.8 Å². The van der Waals surface area contributed by atoms with Crippen LogP contribution in [0.25, 0.3) is 0 Å². The number of esters is 2. The molecule has 1 aromatic carbocycles. The third-order valence-electron chi connectivity index (χ3n) is 7.77. The quantitative estimate of drug-likeness (QED) is 0.456. The molecule has 31 heavy (non-hydrogen) atoms. The van der Waals surface area contributed by atoms with Crippen molar-refractivity contribution in [2.45, 2.75) is 78.4 Å². The van der Waals surface area contributed by atoms with Gasteiger partial charge in [0, 0.05) is 12.8 Å². The van der Waals surface area contributed by atoms with E-state index >= 15 is 0 Å². The van der Waals surface area contributed by atoms with Crippen LogP contribution in [0.4, 0.5) is 0 Å². The van der Waals surface area contributed by atoms with E-state index in [1.807, 2.05) is 31.2 Å². The van der Waals surface area contributed by atoms with Crippen molar-refractivity contribution in [1.82, 2.24) is 0 Å². The number of hydrogen-bond donors (Lipinski definition) is 0. The maximum absolute atomic E-state index is 12.7. The van der Waals surface area contributed by atoms with Gasteiger partial charge in [-0.3, -0.25) is 9.59 Å². The lowest BCUT2D eigenvalue weighted by Gasteiger charge is -2.43. The monoisotopic (exact) mass is 430 g/mol. The highest BCUT2D eigenvalue weighted by molar-refractivity contribution is 5.72. The highest BCUT2D eigenvalue weighted by Crippen LogP contribution is 2.58. The number of rotatable bonds is 10. The van der Waals surface area contributed by atoms with Crippen molar-refractivity contribution in [2.75, 3.05) is 7.11 Å². The molecule has 3 rings (SSSR count). The smallest absolute Gasteiger partial charge is 0.308 e. The zero-order valence-corrected chi connectivity index (χ0v) is 19.7. The average Bonchev–Trinajstić information content (AvgIpc) is 3.36. The van der Waals surface area contributed by atoms with Crippen LogP contribution in [0.15, 0.2) is 24.3 Å². The van der Waals surface area contributed by atoms with E-state index in [0.29, 0.717) is 23.7 Å². The van der Waals surface area contributed by atoms with Crippen molar-refractivity contribution in [2.24, 2.45) is 29.6 Å². The maximum Gasteiger partial charge on any atom is 0.308 e. The average molecular weight is 431 g/mol. The summed E-state index contributed by atoms with van der Waals surface area (Å²) in [5.41, 5.74) is 0.598. The fourth-order valence-electron chi connectivity index (χ4n) is 6.22. The molecule has 0 heterocycles. The number of hydrogen-bond acceptors (Lipinski definition) is 5. The summed E-state index contributed by atoms with van der Waals surface area (Å²) in [7, 11) is 1.63. The van der Waals surface area contributed by atoms with Gasteiger partial charge in [0.15, 0.2) is 0 Å². The predicted molar refractivity (Wildman–Crippen MR) is 119 cm³/mol. The van der Waals surface area contributed by atoms with Crippen LogP contribution in [-0.2, 0) is 25.7 Å². The number of carbonyl (C=O) groups is 2. The van der Waals surface area contributed by atoms with Gasteiger partial charge in [-0.05, 0) is 74.0 Å². The number of fused-ring (bicyclic) bond motifs is 2. The van der Waals surface area contributed by atoms with Gasteiger partial charge in [-0.1, -0.05) is 32.9 Å². The molecule has 0 amide bonds. The summed E-state index contributed by atoms with van der Waals surface area (Å²) in [4.78, 5) is 24.5. The maximum atomic E-state index is 12.7. The lowest BCUT2D eigenvalue weighted by Crippen LogP contribution is -2.45. The molecule has 5 unspecified atom stereocenters. The van der Waals surface area contributed by atoms with E-state index in [1.54, 1.807) is 7.11 Å². The van der Waals surface area contributed by atoms with Crippen LogP contribution in [0.5, 0.6) is 5.75 Å². The van der Waals surface area contributed by atoms with Crippen LogP contribution in [0.2, 0.25) is 0 Å². The zero-order valence-electron chi connectivity index (χ0n) is 19.7. The van der Waals surface area contributed by atoms with E-state index in [1.165, 1.54) is 19.8 Å². The first-order valence-electron chi connectivity index (χ1n) is 11.8. The summed E-state index contributed by atoms with van der Waals surface area (Å²) in [6.45, 7) is 8.05. The first-order chi connectivity index (χ1) is 14.8. The summed E-state index contributed by atoms with van der Waals surface area (Å²) in [6.07, 6.45) is 6.08. The summed E-state index contributed by atoms with van der Waals surface area (Å²) >= 11 is 0. The molecular formula is C26H38O5. The molecule has 0 saturated heterocycles. The summed E-state index contributed by atoms with van der Waals surface area (Å²) in [5, 5.41) is 0. The topological polar surface area (TPSA) is 61.8 Å². The molecule has 172 valence electrons. The summed E-state index contributed by atoms with van der Waals surface area (Å²) < 4.78 is 16.7. The Morgan fingerprint density at radius 1 is 1.10 bits per heavy atom. The molecule has 2 saturated carbocycles. The normalized spacial score (nSPS) is 25.8. The Bertz CT molecular complexity index is 752. The van der Waals surface area contributed by atoms with Gasteiger partial charge >= 0.3 is 11.9 Å². The largest absolute Gasteiger partial charge is 0.497 e. The molecule has 5 atom stereocenters. The Hall–Kier alpha value is -2.04. The number of benzene rings is 1. The SMILES string of the molecule is CCC(CC)(OC(C)=O)C1CC2CC(CC(C)C(=O)OCc3ccc(OC)cc3)C1C2. The molecule has 2 aliphatic rings. The van der Waals surface area contributed by atoms with E-state index in [9.17, 15) is 9.59 Å². The second-order valence-corrected chi connectivity index (χ2v) is 9.56. The molecule has 0 spiro atoms. The minimum Gasteiger partial charge on any atom is -0.497 e. The van der Waals surface area contributed by atoms with Gasteiger partial charge < -0.3 is 14.2 Å². The first kappa shape index (κ1) is 23.6. The number of carbonyl (C=O) groups excluding carboxylic acids is 2. The zero-order chi connectivity index (χ0) is 22.6. The van der Waals surface area contributed by atoms with Crippen LogP contribution >= 0.6 is 0 Å². The van der Waals surface area contributed by atoms with E-state index in [-0.39, 0.29) is 30.1 Å². The lowest BCUT2D eigenvalue weighted by molar-refractivity contribution is -0.169. The van der Waals surface area contributed by atoms with Crippen LogP contribution in [-0.4, -0.2) is 24.6 Å². The van der Waals surface area contributed by atoms with Gasteiger partial charge in [-0.2, -0.15) is 0 Å². The third kappa shape index (κ3) is 5.24. The van der Waals surface area contributed by atoms with E-state index in [0.717, 1.165) is 37.0 Å². The molecule has 2 fully saturated rings. The molecule has 5 heteroatoms. The molecule has 0 aliphatic heterocycles. The number of ether oxygens (including phenoxy) is 3. The molecule has 5 nitrogen and oxygen atoms in total. The molecule has 1 aromatic rings. The molecule has 2 bridgehead atoms. The Balaban J connectivity index is 1.57. The van der Waals surface area contributed by atoms with Crippen molar-refractivity contribution >= 4 is 11.9 Å². The van der Waals surface area contributed by atoms with Gasteiger partial charge in [-0.15, -0.1) is 0 Å². The van der Waals surface area contributed by atoms with Crippen molar-refractivity contribution < 1.29 is 23.8 Å². The second kappa shape index (κ2) is 10.1. The van der Waals surface area contributed by atoms with E-state index < -0.39 is 0 Å². The van der Waals surface area contributed by atoms with Crippen molar-refractivity contribution in [3.8, 4) is 5.75 Å². The van der Waals surface area contributed by atoms with Gasteiger partial charge in [0.05, 0.1) is 13.0 Å². The molecule has 0 N–H and O–H groups in total. The fraction of sp³-hybridized carbons (Fsp3) is 0.692. The standard InChI is InChI=1S/C26H38O5/c1-6-26(7-2,31-18(4)27)24-15-20-13-21(23(24)14-20)12-17(3)25(28)30-16-19-8-10-22(29-5)11-9-19/h8-11,17,20-21,23-24H,6-7,12-16H2,1-5H3. The Morgan fingerprint density at radius 3 is 2.32 bits per heavy atom. The fourth-order valence-corrected chi connectivity index (χ4v) is 6.22. The molecule has 0 aromatic heterocycles. The van der Waals surface area contributed by atoms with Gasteiger partial charge in [0.25, 0.3) is 0 Å². The van der Waals surface area contributed by atoms with E-state index in [2.05, 4.69) is 13.8 Å². The lowest BCUT2D eigenvalue weighted by atomic mass is 9.68. The Kier molecular flexibility index (Phi) is 7.66. The minimum absolute atomic E-state index is 0.130. The molecule has 0 radical (unpaired) electrons. The van der Waals surface area contributed by atoms with Gasteiger partial charge in [0.1, 0.15) is 18.0 Å². The first-order valence-corrected chi connectivity index (χ1v) is 11.8. The molecule has 2 aliphatic carbocycles. The van der Waals surface area contributed by atoms with E-state index in [4.69, 9.17) is 14.2 Å². The Morgan fingerprint density at radius 2 is 1.77 bits per heavy atom. The van der Waals surface area contributed by atoms with Crippen LogP contribution in [0.3, 0.4) is 0 Å². The van der Waals surface area contributed by atoms with Crippen molar-refractivity contribution in [3.63, 3.8) is 0 Å². The van der Waals surface area contributed by atoms with Gasteiger partial charge in [-0.25, -0.2) is 0 Å². The highest BCUT2D eigenvalue weighted by Gasteiger charge is 2.54. The number of methoxy groups -OCH3 is 1. The minimum atomic E-state index is -0.359.